The molecular formula is C20H33IN6. The molecule has 0 bridgehead atoms. The van der Waals surface area contributed by atoms with Crippen LogP contribution in [0.2, 0.25) is 0 Å². The fraction of sp³-hybridized carbons (Fsp3) is 0.550. The van der Waals surface area contributed by atoms with Crippen LogP contribution in [-0.2, 0) is 20.0 Å². The van der Waals surface area contributed by atoms with E-state index >= 15 is 0 Å². The Hall–Kier alpha value is -1.64. The topological polar surface area (TPSA) is 67.1 Å². The highest BCUT2D eigenvalue weighted by Gasteiger charge is 2.05. The van der Waals surface area contributed by atoms with Crippen molar-refractivity contribution in [3.63, 3.8) is 0 Å². The number of rotatable bonds is 8. The van der Waals surface area contributed by atoms with E-state index in [1.807, 2.05) is 18.5 Å². The van der Waals surface area contributed by atoms with Gasteiger partial charge in [0.2, 0.25) is 0 Å². The van der Waals surface area contributed by atoms with Crippen molar-refractivity contribution < 1.29 is 0 Å². The van der Waals surface area contributed by atoms with Gasteiger partial charge in [-0.1, -0.05) is 42.7 Å². The van der Waals surface area contributed by atoms with E-state index in [9.17, 15) is 0 Å². The van der Waals surface area contributed by atoms with Gasteiger partial charge in [-0.2, -0.15) is 0 Å². The number of hydrogen-bond donors (Lipinski definition) is 2. The van der Waals surface area contributed by atoms with E-state index in [-0.39, 0.29) is 24.0 Å². The Kier molecular flexibility index (Phi) is 10.4. The van der Waals surface area contributed by atoms with E-state index in [1.165, 1.54) is 16.7 Å². The first-order valence-electron chi connectivity index (χ1n) is 9.43. The number of nitrogens with zero attached hydrogens (tertiary/aromatic N) is 4. The van der Waals surface area contributed by atoms with Crippen LogP contribution >= 0.6 is 24.0 Å². The molecule has 0 saturated heterocycles. The maximum atomic E-state index is 4.68. The third-order valence-corrected chi connectivity index (χ3v) is 4.37. The lowest BCUT2D eigenvalue weighted by molar-refractivity contribution is 0.714. The van der Waals surface area contributed by atoms with E-state index < -0.39 is 0 Å². The number of aromatic nitrogens is 3. The summed E-state index contributed by atoms with van der Waals surface area (Å²) in [6, 6.07) is 6.70. The molecule has 7 heteroatoms. The first-order valence-corrected chi connectivity index (χ1v) is 9.43. The Morgan fingerprint density at radius 3 is 2.30 bits per heavy atom. The molecule has 2 rings (SSSR count). The van der Waals surface area contributed by atoms with Gasteiger partial charge in [0.25, 0.3) is 0 Å². The highest BCUT2D eigenvalue weighted by Crippen LogP contribution is 2.09. The molecule has 0 aliphatic carbocycles. The minimum absolute atomic E-state index is 0. The van der Waals surface area contributed by atoms with Crippen molar-refractivity contribution in [2.24, 2.45) is 12.0 Å². The molecule has 2 aromatic rings. The average molecular weight is 484 g/mol. The van der Waals surface area contributed by atoms with Crippen LogP contribution in [0.15, 0.2) is 23.2 Å². The predicted octanol–water partition coefficient (Wildman–Crippen LogP) is 3.44. The maximum absolute atomic E-state index is 4.68. The molecule has 1 heterocycles. The Morgan fingerprint density at radius 1 is 1.04 bits per heavy atom. The summed E-state index contributed by atoms with van der Waals surface area (Å²) in [5.41, 5.74) is 3.98. The molecule has 150 valence electrons. The second-order valence-electron chi connectivity index (χ2n) is 6.84. The van der Waals surface area contributed by atoms with Crippen LogP contribution in [0, 0.1) is 20.8 Å². The van der Waals surface area contributed by atoms with Crippen molar-refractivity contribution in [2.75, 3.05) is 13.1 Å². The minimum Gasteiger partial charge on any atom is -0.356 e. The Bertz CT molecular complexity index is 718. The number of hydrogen-bond acceptors (Lipinski definition) is 3. The number of nitrogens with one attached hydrogen (secondary N) is 2. The van der Waals surface area contributed by atoms with Gasteiger partial charge in [0.1, 0.15) is 12.4 Å². The molecule has 27 heavy (non-hydrogen) atoms. The maximum Gasteiger partial charge on any atom is 0.191 e. The molecular weight excluding hydrogens is 451 g/mol. The molecule has 0 aliphatic heterocycles. The Balaban J connectivity index is 0.00000364. The molecule has 0 saturated carbocycles. The molecule has 0 atom stereocenters. The van der Waals surface area contributed by atoms with E-state index in [0.717, 1.165) is 50.0 Å². The molecule has 1 aromatic heterocycles. The van der Waals surface area contributed by atoms with E-state index in [2.05, 4.69) is 64.8 Å². The zero-order valence-corrected chi connectivity index (χ0v) is 19.5. The molecule has 0 fully saturated rings. The van der Waals surface area contributed by atoms with Gasteiger partial charge in [-0.3, -0.25) is 0 Å². The van der Waals surface area contributed by atoms with Crippen molar-refractivity contribution in [2.45, 2.75) is 53.5 Å². The summed E-state index contributed by atoms with van der Waals surface area (Å²) in [6.45, 7) is 10.7. The highest BCUT2D eigenvalue weighted by molar-refractivity contribution is 14.0. The summed E-state index contributed by atoms with van der Waals surface area (Å²) in [5, 5.41) is 15.1. The lowest BCUT2D eigenvalue weighted by atomic mass is 10.1. The summed E-state index contributed by atoms with van der Waals surface area (Å²) < 4.78 is 1.97. The van der Waals surface area contributed by atoms with Gasteiger partial charge in [-0.15, -0.1) is 34.2 Å². The average Bonchev–Trinajstić information content (AvgIpc) is 2.90. The summed E-state index contributed by atoms with van der Waals surface area (Å²) in [4.78, 5) is 4.68. The number of halogens is 1. The standard InChI is InChI=1S/C20H32N6.HI/c1-6-7-9-21-20(23-14-19-25-24-17(4)26(19)5)22-10-8-18-12-15(2)11-16(3)13-18;/h11-13H,6-10,14H2,1-5H3,(H2,21,22,23);1H. The number of aryl methyl sites for hydroxylation is 3. The fourth-order valence-corrected chi connectivity index (χ4v) is 2.83. The van der Waals surface area contributed by atoms with Gasteiger partial charge >= 0.3 is 0 Å². The van der Waals surface area contributed by atoms with E-state index in [1.54, 1.807) is 0 Å². The number of benzene rings is 1. The Labute approximate surface area is 180 Å². The van der Waals surface area contributed by atoms with E-state index in [4.69, 9.17) is 0 Å². The van der Waals surface area contributed by atoms with Crippen molar-refractivity contribution in [3.8, 4) is 0 Å². The van der Waals surface area contributed by atoms with Crippen LogP contribution in [0.5, 0.6) is 0 Å². The zero-order chi connectivity index (χ0) is 18.9. The minimum atomic E-state index is 0. The van der Waals surface area contributed by atoms with Gasteiger partial charge in [0.15, 0.2) is 11.8 Å². The zero-order valence-electron chi connectivity index (χ0n) is 17.2. The van der Waals surface area contributed by atoms with Crippen LogP contribution in [0.3, 0.4) is 0 Å². The van der Waals surface area contributed by atoms with Crippen LogP contribution in [0.25, 0.3) is 0 Å². The smallest absolute Gasteiger partial charge is 0.191 e. The van der Waals surface area contributed by atoms with Crippen LogP contribution in [-0.4, -0.2) is 33.8 Å². The SMILES string of the molecule is CCCCNC(=NCc1nnc(C)n1C)NCCc1cc(C)cc(C)c1.I. The predicted molar refractivity (Wildman–Crippen MR) is 123 cm³/mol. The van der Waals surface area contributed by atoms with Crippen LogP contribution in [0.4, 0.5) is 0 Å². The van der Waals surface area contributed by atoms with E-state index in [0.29, 0.717) is 6.54 Å². The summed E-state index contributed by atoms with van der Waals surface area (Å²) in [5.74, 6) is 2.61. The molecule has 0 aliphatic rings. The molecule has 1 aromatic carbocycles. The lowest BCUT2D eigenvalue weighted by Gasteiger charge is -2.13. The first-order chi connectivity index (χ1) is 12.5. The lowest BCUT2D eigenvalue weighted by Crippen LogP contribution is -2.39. The van der Waals surface area contributed by atoms with Gasteiger partial charge < -0.3 is 15.2 Å². The van der Waals surface area contributed by atoms with Gasteiger partial charge in [0.05, 0.1) is 0 Å². The third kappa shape index (κ3) is 7.86. The quantitative estimate of drug-likeness (QED) is 0.261. The molecule has 0 radical (unpaired) electrons. The van der Waals surface area contributed by atoms with Crippen molar-refractivity contribution in [1.29, 1.82) is 0 Å². The third-order valence-electron chi connectivity index (χ3n) is 4.37. The van der Waals surface area contributed by atoms with Crippen LogP contribution in [0.1, 0.15) is 48.1 Å². The van der Waals surface area contributed by atoms with Crippen molar-refractivity contribution >= 4 is 29.9 Å². The van der Waals surface area contributed by atoms with Gasteiger partial charge in [-0.05, 0) is 39.2 Å². The van der Waals surface area contributed by atoms with Crippen LogP contribution < -0.4 is 10.6 Å². The Morgan fingerprint density at radius 2 is 1.70 bits per heavy atom. The highest BCUT2D eigenvalue weighted by atomic mass is 127. The number of aliphatic imine (C=N–C) groups is 1. The summed E-state index contributed by atoms with van der Waals surface area (Å²) in [7, 11) is 1.97. The van der Waals surface area contributed by atoms with Crippen molar-refractivity contribution in [3.05, 3.63) is 46.5 Å². The summed E-state index contributed by atoms with van der Waals surface area (Å²) in [6.07, 6.45) is 3.26. The summed E-state index contributed by atoms with van der Waals surface area (Å²) >= 11 is 0. The molecule has 0 spiro atoms. The van der Waals surface area contributed by atoms with Gasteiger partial charge in [-0.25, -0.2) is 4.99 Å². The number of unbranched alkanes of at least 4 members (excludes halogenated alkanes) is 1. The molecule has 0 amide bonds. The normalized spacial score (nSPS) is 11.2. The second-order valence-corrected chi connectivity index (χ2v) is 6.84. The molecule has 0 unspecified atom stereocenters. The second kappa shape index (κ2) is 11.9. The first kappa shape index (κ1) is 23.4. The molecule has 2 N–H and O–H groups in total. The monoisotopic (exact) mass is 484 g/mol. The van der Waals surface area contributed by atoms with Crippen molar-refractivity contribution in [1.82, 2.24) is 25.4 Å². The number of guanidine groups is 1. The fourth-order valence-electron chi connectivity index (χ4n) is 2.83. The largest absolute Gasteiger partial charge is 0.356 e. The molecule has 6 nitrogen and oxygen atoms in total. The van der Waals surface area contributed by atoms with Gasteiger partial charge in [0, 0.05) is 20.1 Å².